The van der Waals surface area contributed by atoms with Gasteiger partial charge in [-0.25, -0.2) is 13.2 Å². The number of alkyl carbamates (subject to hydrolysis) is 1. The lowest BCUT2D eigenvalue weighted by Gasteiger charge is -2.34. The number of amides is 4. The number of ether oxygens (including phenoxy) is 2. The monoisotopic (exact) mass is 792 g/mol. The Bertz CT molecular complexity index is 1930. The molecule has 56 heavy (non-hydrogen) atoms. The Morgan fingerprint density at radius 2 is 1.80 bits per heavy atom. The van der Waals surface area contributed by atoms with Crippen LogP contribution in [0.4, 0.5) is 4.79 Å². The molecule has 4 fully saturated rings. The molecule has 1 aromatic heterocycles. The number of tetrazole rings is 1. The first-order chi connectivity index (χ1) is 27.0. The molecule has 4 amide bonds. The van der Waals surface area contributed by atoms with Crippen LogP contribution in [-0.4, -0.2) is 99.5 Å². The lowest BCUT2D eigenvalue weighted by Crippen LogP contribution is -2.59. The van der Waals surface area contributed by atoms with E-state index in [2.05, 4.69) is 32.2 Å². The van der Waals surface area contributed by atoms with Crippen LogP contribution >= 0.6 is 0 Å². The summed E-state index contributed by atoms with van der Waals surface area (Å²) in [6.45, 7) is 3.90. The van der Waals surface area contributed by atoms with E-state index < -0.39 is 74.7 Å². The molecule has 0 bridgehead atoms. The van der Waals surface area contributed by atoms with Crippen molar-refractivity contribution in [3.63, 3.8) is 0 Å². The Labute approximate surface area is 327 Å². The lowest BCUT2D eigenvalue weighted by atomic mass is 10.0. The third-order valence-corrected chi connectivity index (χ3v) is 13.6. The molecule has 1 saturated heterocycles. The maximum absolute atomic E-state index is 15.0. The highest BCUT2D eigenvalue weighted by Crippen LogP contribution is 2.47. The number of fused-ring (bicyclic) bond motifs is 2. The molecule has 17 heteroatoms. The molecule has 2 aromatic rings. The molecule has 3 saturated carbocycles. The van der Waals surface area contributed by atoms with Crippen molar-refractivity contribution in [3.05, 3.63) is 49.1 Å². The van der Waals surface area contributed by atoms with Gasteiger partial charge in [-0.3, -0.25) is 19.1 Å². The van der Waals surface area contributed by atoms with Gasteiger partial charge in [-0.05, 0) is 107 Å². The van der Waals surface area contributed by atoms with E-state index in [1.807, 2.05) is 12.2 Å². The Morgan fingerprint density at radius 1 is 1.05 bits per heavy atom. The van der Waals surface area contributed by atoms with E-state index in [9.17, 15) is 27.6 Å². The first-order valence-electron chi connectivity index (χ1n) is 19.9. The molecule has 3 aliphatic carbocycles. The van der Waals surface area contributed by atoms with E-state index in [-0.39, 0.29) is 18.9 Å². The SMILES string of the molecule is C=CCC[C@H]1[C@H](n2nnc(-c3ccc(OC)cc3)n2)CC2C(=O)NC3(C(=O)NS(=O)(=O)C4CC4)CC3/C=C\CCCCCC(NC(=O)OC3CCCC3)C(=O)N21. The van der Waals surface area contributed by atoms with Gasteiger partial charge >= 0.3 is 6.09 Å². The fraction of sp³-hybridized carbons (Fsp3) is 0.615. The summed E-state index contributed by atoms with van der Waals surface area (Å²) in [5.41, 5.74) is -0.831. The summed E-state index contributed by atoms with van der Waals surface area (Å²) < 4.78 is 39.1. The molecule has 6 atom stereocenters. The number of nitrogens with one attached hydrogen (secondary N) is 3. The predicted molar refractivity (Wildman–Crippen MR) is 204 cm³/mol. The van der Waals surface area contributed by atoms with E-state index in [0.29, 0.717) is 62.1 Å². The van der Waals surface area contributed by atoms with Crippen molar-refractivity contribution >= 4 is 33.8 Å². The zero-order chi connectivity index (χ0) is 39.5. The fourth-order valence-corrected chi connectivity index (χ4v) is 9.71. The summed E-state index contributed by atoms with van der Waals surface area (Å²) in [6, 6.07) is 3.77. The van der Waals surface area contributed by atoms with Gasteiger partial charge < -0.3 is 25.0 Å². The lowest BCUT2D eigenvalue weighted by molar-refractivity contribution is -0.143. The third-order valence-electron chi connectivity index (χ3n) is 11.8. The van der Waals surface area contributed by atoms with Crippen molar-refractivity contribution in [2.24, 2.45) is 5.92 Å². The smallest absolute Gasteiger partial charge is 0.408 e. The normalized spacial score (nSPS) is 29.2. The zero-order valence-electron chi connectivity index (χ0n) is 31.8. The van der Waals surface area contributed by atoms with E-state index in [0.717, 1.165) is 38.5 Å². The highest BCUT2D eigenvalue weighted by molar-refractivity contribution is 7.91. The maximum atomic E-state index is 15.0. The van der Waals surface area contributed by atoms with Crippen LogP contribution in [0.2, 0.25) is 0 Å². The molecule has 0 radical (unpaired) electrons. The van der Waals surface area contributed by atoms with E-state index in [1.165, 1.54) is 9.70 Å². The van der Waals surface area contributed by atoms with Crippen LogP contribution in [0, 0.1) is 5.92 Å². The van der Waals surface area contributed by atoms with Crippen LogP contribution in [-0.2, 0) is 29.1 Å². The summed E-state index contributed by atoms with van der Waals surface area (Å²) >= 11 is 0. The second kappa shape index (κ2) is 16.7. The number of carbonyl (C=O) groups is 4. The highest BCUT2D eigenvalue weighted by atomic mass is 32.2. The molecule has 0 spiro atoms. The van der Waals surface area contributed by atoms with Crippen LogP contribution in [0.25, 0.3) is 11.4 Å². The van der Waals surface area contributed by atoms with Crippen LogP contribution < -0.4 is 20.1 Å². The zero-order valence-corrected chi connectivity index (χ0v) is 32.6. The van der Waals surface area contributed by atoms with Gasteiger partial charge in [0.25, 0.3) is 5.91 Å². The van der Waals surface area contributed by atoms with Crippen LogP contribution in [0.1, 0.15) is 102 Å². The first-order valence-corrected chi connectivity index (χ1v) is 21.5. The molecule has 302 valence electrons. The fourth-order valence-electron chi connectivity index (χ4n) is 8.34. The van der Waals surface area contributed by atoms with E-state index in [4.69, 9.17) is 14.6 Å². The number of hydrogen-bond donors (Lipinski definition) is 3. The Kier molecular flexibility index (Phi) is 11.8. The van der Waals surface area contributed by atoms with Gasteiger partial charge in [0.1, 0.15) is 29.5 Å². The second-order valence-corrected chi connectivity index (χ2v) is 17.6. The minimum absolute atomic E-state index is 0.0651. The summed E-state index contributed by atoms with van der Waals surface area (Å²) in [7, 11) is -2.33. The van der Waals surface area contributed by atoms with Gasteiger partial charge in [-0.15, -0.1) is 16.8 Å². The highest BCUT2D eigenvalue weighted by Gasteiger charge is 2.62. The van der Waals surface area contributed by atoms with Gasteiger partial charge in [0, 0.05) is 17.9 Å². The van der Waals surface area contributed by atoms with Crippen molar-refractivity contribution in [2.45, 2.75) is 137 Å². The molecule has 2 aliphatic heterocycles. The van der Waals surface area contributed by atoms with Crippen molar-refractivity contribution in [3.8, 4) is 17.1 Å². The van der Waals surface area contributed by atoms with Gasteiger partial charge in [0.15, 0.2) is 0 Å². The molecule has 1 aromatic carbocycles. The number of methoxy groups -OCH3 is 1. The number of allylic oxidation sites excluding steroid dienone is 2. The second-order valence-electron chi connectivity index (χ2n) is 15.7. The minimum atomic E-state index is -3.91. The summed E-state index contributed by atoms with van der Waals surface area (Å²) in [4.78, 5) is 59.8. The molecular weight excluding hydrogens is 741 g/mol. The van der Waals surface area contributed by atoms with Gasteiger partial charge in [-0.2, -0.15) is 4.80 Å². The maximum Gasteiger partial charge on any atom is 0.408 e. The van der Waals surface area contributed by atoms with Crippen molar-refractivity contribution in [2.75, 3.05) is 7.11 Å². The predicted octanol–water partition coefficient (Wildman–Crippen LogP) is 3.87. The first kappa shape index (κ1) is 39.4. The van der Waals surface area contributed by atoms with Crippen molar-refractivity contribution in [1.82, 2.24) is 40.5 Å². The van der Waals surface area contributed by atoms with E-state index >= 15 is 0 Å². The molecule has 3 heterocycles. The molecule has 16 nitrogen and oxygen atoms in total. The summed E-state index contributed by atoms with van der Waals surface area (Å²) in [6.07, 6.45) is 13.4. The van der Waals surface area contributed by atoms with Gasteiger partial charge in [0.2, 0.25) is 27.7 Å². The molecule has 4 unspecified atom stereocenters. The Balaban J connectivity index is 1.24. The van der Waals surface area contributed by atoms with Crippen LogP contribution in [0.5, 0.6) is 5.75 Å². The number of benzene rings is 1. The topological polar surface area (TPSA) is 204 Å². The number of aromatic nitrogens is 4. The standard InChI is InChI=1S/C39H52N8O8S/c1-3-4-16-31-32(47-43-34(42-45-47)25-17-19-27(54-2)20-18-25)23-33-35(48)41-39(37(50)44-56(52,53)29-21-22-29)24-26(39)12-8-6-5-7-9-15-30(36(49)46(31)33)40-38(51)55-28-13-10-11-14-28/h3,8,12,17-20,26,28-33H,1,4-7,9-11,13-16,21-24H2,2H3,(H,40,51)(H,41,48)(H,44,50)/b12-8-/t26?,30?,31-,32+,33?,39?/m0/s1. The average molecular weight is 793 g/mol. The minimum Gasteiger partial charge on any atom is -0.497 e. The van der Waals surface area contributed by atoms with Crippen molar-refractivity contribution < 1.29 is 37.1 Å². The third kappa shape index (κ3) is 8.61. The van der Waals surface area contributed by atoms with Crippen LogP contribution in [0.3, 0.4) is 0 Å². The number of rotatable bonds is 11. The Morgan fingerprint density at radius 3 is 2.52 bits per heavy atom. The molecule has 3 N–H and O–H groups in total. The number of carbonyl (C=O) groups excluding carboxylic acids is 4. The average Bonchev–Trinajstić information content (AvgIpc) is 3.97. The quantitative estimate of drug-likeness (QED) is 0.279. The summed E-state index contributed by atoms with van der Waals surface area (Å²) in [5, 5.41) is 18.6. The largest absolute Gasteiger partial charge is 0.497 e. The summed E-state index contributed by atoms with van der Waals surface area (Å²) in [5.74, 6) is -1.30. The number of nitrogens with zero attached hydrogens (tertiary/aromatic N) is 5. The Hall–Kier alpha value is -4.80. The van der Waals surface area contributed by atoms with Gasteiger partial charge in [-0.1, -0.05) is 31.1 Å². The van der Waals surface area contributed by atoms with Gasteiger partial charge in [0.05, 0.1) is 24.4 Å². The molecule has 7 rings (SSSR count). The molecular formula is C39H52N8O8S. The van der Waals surface area contributed by atoms with Crippen molar-refractivity contribution in [1.29, 1.82) is 0 Å². The molecule has 5 aliphatic rings. The van der Waals surface area contributed by atoms with Crippen LogP contribution in [0.15, 0.2) is 49.1 Å². The van der Waals surface area contributed by atoms with E-state index in [1.54, 1.807) is 37.5 Å². The number of hydrogen-bond acceptors (Lipinski definition) is 11. The number of sulfonamides is 1.